The Balaban J connectivity index is 3.36. The van der Waals surface area contributed by atoms with E-state index in [0.717, 1.165) is 6.07 Å². The molecule has 0 amide bonds. The van der Waals surface area contributed by atoms with E-state index >= 15 is 0 Å². The summed E-state index contributed by atoms with van der Waals surface area (Å²) in [5.74, 6) is -1.37. The number of hydrogen-bond acceptors (Lipinski definition) is 1. The van der Waals surface area contributed by atoms with Crippen LogP contribution in [-0.4, -0.2) is 11.7 Å². The quantitative estimate of drug-likeness (QED) is 0.281. The highest BCUT2D eigenvalue weighted by Crippen LogP contribution is 2.35. The molecular formula is C8H5Br2ClF2N2. The van der Waals surface area contributed by atoms with E-state index in [1.54, 1.807) is 0 Å². The van der Waals surface area contributed by atoms with E-state index in [9.17, 15) is 8.78 Å². The number of hydrogen-bond donors (Lipinski definition) is 1. The summed E-state index contributed by atoms with van der Waals surface area (Å²) in [4.78, 5) is 3.66. The van der Waals surface area contributed by atoms with Crippen LogP contribution >= 0.6 is 43.5 Å². The molecule has 0 aliphatic rings. The second kappa shape index (κ2) is 5.23. The summed E-state index contributed by atoms with van der Waals surface area (Å²) in [6.45, 7) is 0. The van der Waals surface area contributed by atoms with Crippen LogP contribution in [0.2, 0.25) is 0 Å². The van der Waals surface area contributed by atoms with E-state index in [0.29, 0.717) is 0 Å². The van der Waals surface area contributed by atoms with Gasteiger partial charge in [0, 0.05) is 0 Å². The van der Waals surface area contributed by atoms with Gasteiger partial charge in [-0.05, 0) is 37.9 Å². The van der Waals surface area contributed by atoms with Gasteiger partial charge in [-0.25, -0.2) is 13.8 Å². The van der Waals surface area contributed by atoms with Gasteiger partial charge in [0.15, 0.2) is 11.6 Å². The SMILES string of the molecule is NC(CCl)=Nc1c(F)cc(Br)c(F)c1Br. The van der Waals surface area contributed by atoms with Crippen LogP contribution in [0.15, 0.2) is 20.0 Å². The van der Waals surface area contributed by atoms with Crippen LogP contribution in [0.4, 0.5) is 14.5 Å². The maximum absolute atomic E-state index is 13.4. The van der Waals surface area contributed by atoms with Crippen molar-refractivity contribution in [3.8, 4) is 0 Å². The molecule has 0 unspecified atom stereocenters. The Labute approximate surface area is 107 Å². The third kappa shape index (κ3) is 2.89. The van der Waals surface area contributed by atoms with Crippen molar-refractivity contribution in [1.29, 1.82) is 0 Å². The molecule has 0 atom stereocenters. The molecule has 2 nitrogen and oxygen atoms in total. The van der Waals surface area contributed by atoms with Gasteiger partial charge in [-0.15, -0.1) is 11.6 Å². The number of alkyl halides is 1. The Morgan fingerprint density at radius 1 is 1.47 bits per heavy atom. The molecule has 2 N–H and O–H groups in total. The molecule has 0 aliphatic carbocycles. The van der Waals surface area contributed by atoms with Gasteiger partial charge in [0.1, 0.15) is 11.5 Å². The van der Waals surface area contributed by atoms with Crippen molar-refractivity contribution < 1.29 is 8.78 Å². The standard InChI is InChI=1S/C8H5Br2ClF2N2/c9-3-1-4(12)8(6(10)7(3)13)15-5(14)2-11/h1H,2H2,(H2,14,15). The van der Waals surface area contributed by atoms with Crippen LogP contribution in [0.1, 0.15) is 0 Å². The molecule has 15 heavy (non-hydrogen) atoms. The lowest BCUT2D eigenvalue weighted by atomic mass is 10.3. The fraction of sp³-hybridized carbons (Fsp3) is 0.125. The van der Waals surface area contributed by atoms with Crippen LogP contribution in [0.3, 0.4) is 0 Å². The minimum atomic E-state index is -0.691. The van der Waals surface area contributed by atoms with Gasteiger partial charge in [0.25, 0.3) is 0 Å². The van der Waals surface area contributed by atoms with Crippen molar-refractivity contribution in [3.05, 3.63) is 26.6 Å². The summed E-state index contributed by atoms with van der Waals surface area (Å²) >= 11 is 11.1. The van der Waals surface area contributed by atoms with Crippen molar-refractivity contribution >= 4 is 55.0 Å². The van der Waals surface area contributed by atoms with Crippen LogP contribution in [0.25, 0.3) is 0 Å². The lowest BCUT2D eigenvalue weighted by molar-refractivity contribution is 0.590. The molecule has 1 rings (SSSR count). The molecule has 0 saturated heterocycles. The number of halogens is 5. The minimum absolute atomic E-state index is 0.00951. The number of amidine groups is 1. The molecule has 0 saturated carbocycles. The topological polar surface area (TPSA) is 38.4 Å². The van der Waals surface area contributed by atoms with Crippen molar-refractivity contribution in [3.63, 3.8) is 0 Å². The number of benzene rings is 1. The largest absolute Gasteiger partial charge is 0.386 e. The summed E-state index contributed by atoms with van der Waals surface area (Å²) in [5, 5.41) is 0. The van der Waals surface area contributed by atoms with E-state index in [-0.39, 0.29) is 26.3 Å². The molecule has 0 heterocycles. The molecule has 0 bridgehead atoms. The zero-order valence-electron chi connectivity index (χ0n) is 7.20. The molecule has 0 aromatic heterocycles. The Kier molecular flexibility index (Phi) is 4.48. The summed E-state index contributed by atoms with van der Waals surface area (Å²) in [6.07, 6.45) is 0. The van der Waals surface area contributed by atoms with Crippen LogP contribution < -0.4 is 5.73 Å². The molecule has 0 aliphatic heterocycles. The van der Waals surface area contributed by atoms with Crippen LogP contribution in [0.5, 0.6) is 0 Å². The zero-order chi connectivity index (χ0) is 11.6. The van der Waals surface area contributed by atoms with Crippen molar-refractivity contribution in [2.24, 2.45) is 10.7 Å². The Bertz CT molecular complexity index is 424. The van der Waals surface area contributed by atoms with E-state index in [2.05, 4.69) is 36.9 Å². The minimum Gasteiger partial charge on any atom is -0.386 e. The normalized spacial score (nSPS) is 11.9. The fourth-order valence-corrected chi connectivity index (χ4v) is 2.05. The Morgan fingerprint density at radius 2 is 2.07 bits per heavy atom. The average molecular weight is 362 g/mol. The molecule has 0 fully saturated rings. The van der Waals surface area contributed by atoms with Gasteiger partial charge >= 0.3 is 0 Å². The maximum Gasteiger partial charge on any atom is 0.153 e. The number of nitrogens with two attached hydrogens (primary N) is 1. The molecule has 82 valence electrons. The van der Waals surface area contributed by atoms with Gasteiger partial charge in [0.2, 0.25) is 0 Å². The van der Waals surface area contributed by atoms with Crippen molar-refractivity contribution in [2.75, 3.05) is 5.88 Å². The van der Waals surface area contributed by atoms with Crippen molar-refractivity contribution in [1.82, 2.24) is 0 Å². The smallest absolute Gasteiger partial charge is 0.153 e. The number of aliphatic imine (C=N–C) groups is 1. The third-order valence-corrected chi connectivity index (χ3v) is 3.06. The molecule has 0 radical (unpaired) electrons. The molecule has 0 spiro atoms. The summed E-state index contributed by atoms with van der Waals surface area (Å²) in [5.41, 5.74) is 5.13. The number of nitrogens with zero attached hydrogens (tertiary/aromatic N) is 1. The predicted octanol–water partition coefficient (Wildman–Crippen LogP) is 3.72. The Morgan fingerprint density at radius 3 is 2.60 bits per heavy atom. The van der Waals surface area contributed by atoms with Gasteiger partial charge in [-0.1, -0.05) is 0 Å². The molecular weight excluding hydrogens is 357 g/mol. The first-order valence-electron chi connectivity index (χ1n) is 3.69. The summed E-state index contributed by atoms with van der Waals surface area (Å²) in [7, 11) is 0. The fourth-order valence-electron chi connectivity index (χ4n) is 0.833. The molecule has 7 heteroatoms. The first-order chi connectivity index (χ1) is 6.97. The molecule has 1 aromatic rings. The lowest BCUT2D eigenvalue weighted by Crippen LogP contribution is -2.12. The first kappa shape index (κ1) is 12.9. The van der Waals surface area contributed by atoms with Crippen LogP contribution in [-0.2, 0) is 0 Å². The van der Waals surface area contributed by atoms with Gasteiger partial charge in [-0.3, -0.25) is 0 Å². The second-order valence-corrected chi connectivity index (χ2v) is 4.47. The summed E-state index contributed by atoms with van der Waals surface area (Å²) < 4.78 is 26.6. The first-order valence-corrected chi connectivity index (χ1v) is 5.81. The average Bonchev–Trinajstić information content (AvgIpc) is 2.21. The number of rotatable bonds is 2. The van der Waals surface area contributed by atoms with Gasteiger partial charge < -0.3 is 5.73 Å². The maximum atomic E-state index is 13.4. The van der Waals surface area contributed by atoms with E-state index in [4.69, 9.17) is 17.3 Å². The van der Waals surface area contributed by atoms with Crippen molar-refractivity contribution in [2.45, 2.75) is 0 Å². The summed E-state index contributed by atoms with van der Waals surface area (Å²) in [6, 6.07) is 0.973. The highest BCUT2D eigenvalue weighted by molar-refractivity contribution is 9.11. The van der Waals surface area contributed by atoms with Gasteiger partial charge in [-0.2, -0.15) is 0 Å². The van der Waals surface area contributed by atoms with Gasteiger partial charge in [0.05, 0.1) is 14.8 Å². The van der Waals surface area contributed by atoms with E-state index in [1.807, 2.05) is 0 Å². The highest BCUT2D eigenvalue weighted by atomic mass is 79.9. The molecule has 1 aromatic carbocycles. The predicted molar refractivity (Wildman–Crippen MR) is 63.8 cm³/mol. The monoisotopic (exact) mass is 360 g/mol. The third-order valence-electron chi connectivity index (χ3n) is 1.48. The van der Waals surface area contributed by atoms with Crippen LogP contribution in [0, 0.1) is 11.6 Å². The van der Waals surface area contributed by atoms with E-state index < -0.39 is 11.6 Å². The zero-order valence-corrected chi connectivity index (χ0v) is 11.1. The second-order valence-electron chi connectivity index (χ2n) is 2.55. The Hall–Kier alpha value is -0.200. The van der Waals surface area contributed by atoms with E-state index in [1.165, 1.54) is 0 Å². The highest BCUT2D eigenvalue weighted by Gasteiger charge is 2.15. The lowest BCUT2D eigenvalue weighted by Gasteiger charge is -2.04.